The average molecular weight is 259 g/mol. The molecule has 2 N–H and O–H groups in total. The lowest BCUT2D eigenvalue weighted by Gasteiger charge is -2.31. The number of para-hydroxylation sites is 2. The van der Waals surface area contributed by atoms with Crippen molar-refractivity contribution in [1.82, 2.24) is 9.55 Å². The molecule has 1 heterocycles. The van der Waals surface area contributed by atoms with E-state index in [0.717, 1.165) is 29.7 Å². The molecule has 1 aromatic heterocycles. The molecule has 0 radical (unpaired) electrons. The van der Waals surface area contributed by atoms with Crippen LogP contribution in [0.5, 0.6) is 0 Å². The summed E-state index contributed by atoms with van der Waals surface area (Å²) in [6.45, 7) is 10.8. The van der Waals surface area contributed by atoms with Gasteiger partial charge in [-0.1, -0.05) is 25.5 Å². The maximum Gasteiger partial charge on any atom is 0.130 e. The molecule has 0 fully saturated rings. The molecule has 2 rings (SSSR count). The molecule has 0 saturated heterocycles. The topological polar surface area (TPSA) is 43.8 Å². The second-order valence-electron chi connectivity index (χ2n) is 6.60. The zero-order valence-electron chi connectivity index (χ0n) is 12.7. The van der Waals surface area contributed by atoms with Gasteiger partial charge in [0.2, 0.25) is 0 Å². The van der Waals surface area contributed by atoms with Crippen LogP contribution in [-0.4, -0.2) is 9.55 Å². The fraction of sp³-hybridized carbons (Fsp3) is 0.562. The van der Waals surface area contributed by atoms with Gasteiger partial charge in [-0.15, -0.1) is 0 Å². The first-order valence-corrected chi connectivity index (χ1v) is 7.04. The number of nitrogens with two attached hydrogens (primary N) is 1. The molecule has 3 nitrogen and oxygen atoms in total. The van der Waals surface area contributed by atoms with E-state index < -0.39 is 0 Å². The third-order valence-corrected chi connectivity index (χ3v) is 3.51. The fourth-order valence-corrected chi connectivity index (χ4v) is 2.72. The number of hydrogen-bond donors (Lipinski definition) is 1. The zero-order valence-corrected chi connectivity index (χ0v) is 12.7. The lowest BCUT2D eigenvalue weighted by atomic mass is 9.95. The van der Waals surface area contributed by atoms with Crippen molar-refractivity contribution in [2.24, 2.45) is 5.73 Å². The molecule has 1 unspecified atom stereocenters. The van der Waals surface area contributed by atoms with E-state index in [4.69, 9.17) is 10.7 Å². The molecular weight excluding hydrogens is 234 g/mol. The Bertz CT molecular complexity index is 573. The number of rotatable bonds is 3. The molecule has 0 aliphatic rings. The van der Waals surface area contributed by atoms with Crippen molar-refractivity contribution in [2.45, 2.75) is 58.5 Å². The Morgan fingerprint density at radius 3 is 2.37 bits per heavy atom. The summed E-state index contributed by atoms with van der Waals surface area (Å²) in [5, 5.41) is 0. The highest BCUT2D eigenvalue weighted by Gasteiger charge is 2.31. The van der Waals surface area contributed by atoms with Crippen molar-refractivity contribution < 1.29 is 0 Å². The molecule has 0 amide bonds. The Balaban J connectivity index is 2.73. The molecule has 0 bridgehead atoms. The van der Waals surface area contributed by atoms with Crippen LogP contribution < -0.4 is 5.73 Å². The monoisotopic (exact) mass is 259 g/mol. The van der Waals surface area contributed by atoms with Gasteiger partial charge in [-0.25, -0.2) is 4.98 Å². The van der Waals surface area contributed by atoms with Gasteiger partial charge in [0, 0.05) is 5.54 Å². The van der Waals surface area contributed by atoms with Crippen molar-refractivity contribution in [3.63, 3.8) is 0 Å². The number of aromatic nitrogens is 2. The molecule has 0 saturated carbocycles. The highest BCUT2D eigenvalue weighted by atomic mass is 15.2. The third kappa shape index (κ3) is 2.52. The van der Waals surface area contributed by atoms with Gasteiger partial charge in [0.15, 0.2) is 0 Å². The quantitative estimate of drug-likeness (QED) is 0.912. The van der Waals surface area contributed by atoms with Crippen molar-refractivity contribution in [2.75, 3.05) is 0 Å². The summed E-state index contributed by atoms with van der Waals surface area (Å²) in [7, 11) is 0. The first kappa shape index (κ1) is 14.1. The van der Waals surface area contributed by atoms with Gasteiger partial charge in [-0.05, 0) is 46.2 Å². The molecular formula is C16H25N3. The van der Waals surface area contributed by atoms with E-state index in [1.807, 2.05) is 6.07 Å². The summed E-state index contributed by atoms with van der Waals surface area (Å²) in [5.41, 5.74) is 8.30. The van der Waals surface area contributed by atoms with Crippen LogP contribution in [0.25, 0.3) is 11.0 Å². The first-order valence-electron chi connectivity index (χ1n) is 7.04. The van der Waals surface area contributed by atoms with E-state index in [0.29, 0.717) is 0 Å². The van der Waals surface area contributed by atoms with Gasteiger partial charge < -0.3 is 10.3 Å². The standard InChI is InChI=1S/C16H25N3/c1-6-11-16(5,17)14-18-12-9-7-8-10-13(12)19(14)15(2,3)4/h7-10H,6,11,17H2,1-5H3. The fourth-order valence-electron chi connectivity index (χ4n) is 2.72. The molecule has 1 atom stereocenters. The SMILES string of the molecule is CCCC(C)(N)c1nc2ccccc2n1C(C)(C)C. The predicted octanol–water partition coefficient (Wildman–Crippen LogP) is 3.77. The summed E-state index contributed by atoms with van der Waals surface area (Å²) in [6.07, 6.45) is 1.99. The van der Waals surface area contributed by atoms with Crippen LogP contribution in [0.2, 0.25) is 0 Å². The predicted molar refractivity (Wildman–Crippen MR) is 81.2 cm³/mol. The zero-order chi connectivity index (χ0) is 14.3. The van der Waals surface area contributed by atoms with E-state index in [-0.39, 0.29) is 11.1 Å². The molecule has 1 aromatic carbocycles. The largest absolute Gasteiger partial charge is 0.321 e. The number of hydrogen-bond acceptors (Lipinski definition) is 2. The minimum atomic E-state index is -0.388. The summed E-state index contributed by atoms with van der Waals surface area (Å²) < 4.78 is 2.29. The number of fused-ring (bicyclic) bond motifs is 1. The lowest BCUT2D eigenvalue weighted by molar-refractivity contribution is 0.333. The lowest BCUT2D eigenvalue weighted by Crippen LogP contribution is -2.39. The van der Waals surface area contributed by atoms with Crippen LogP contribution in [0, 0.1) is 0 Å². The van der Waals surface area contributed by atoms with Crippen LogP contribution in [0.15, 0.2) is 24.3 Å². The normalized spacial score (nSPS) is 15.7. The van der Waals surface area contributed by atoms with Gasteiger partial charge in [0.25, 0.3) is 0 Å². The molecule has 0 aliphatic heterocycles. The molecule has 104 valence electrons. The Kier molecular flexibility index (Phi) is 3.43. The van der Waals surface area contributed by atoms with E-state index >= 15 is 0 Å². The van der Waals surface area contributed by atoms with Gasteiger partial charge in [0.05, 0.1) is 16.6 Å². The van der Waals surface area contributed by atoms with E-state index in [2.05, 4.69) is 57.4 Å². The Morgan fingerprint density at radius 1 is 1.16 bits per heavy atom. The highest BCUT2D eigenvalue weighted by Crippen LogP contribution is 2.31. The smallest absolute Gasteiger partial charge is 0.130 e. The maximum absolute atomic E-state index is 6.53. The van der Waals surface area contributed by atoms with Gasteiger partial charge in [-0.2, -0.15) is 0 Å². The highest BCUT2D eigenvalue weighted by molar-refractivity contribution is 5.76. The van der Waals surface area contributed by atoms with E-state index in [9.17, 15) is 0 Å². The van der Waals surface area contributed by atoms with Crippen molar-refractivity contribution >= 4 is 11.0 Å². The second kappa shape index (κ2) is 4.64. The summed E-state index contributed by atoms with van der Waals surface area (Å²) in [6, 6.07) is 8.27. The number of imidazole rings is 1. The molecule has 3 heteroatoms. The second-order valence-corrected chi connectivity index (χ2v) is 6.60. The molecule has 0 aliphatic carbocycles. The number of benzene rings is 1. The molecule has 0 spiro atoms. The first-order chi connectivity index (χ1) is 8.77. The maximum atomic E-state index is 6.53. The van der Waals surface area contributed by atoms with Gasteiger partial charge in [0.1, 0.15) is 5.82 Å². The van der Waals surface area contributed by atoms with Crippen LogP contribution in [-0.2, 0) is 11.1 Å². The Labute approximate surface area is 115 Å². The minimum Gasteiger partial charge on any atom is -0.321 e. The summed E-state index contributed by atoms with van der Waals surface area (Å²) >= 11 is 0. The van der Waals surface area contributed by atoms with Crippen molar-refractivity contribution in [3.8, 4) is 0 Å². The Morgan fingerprint density at radius 2 is 1.79 bits per heavy atom. The van der Waals surface area contributed by atoms with Crippen LogP contribution in [0.3, 0.4) is 0 Å². The van der Waals surface area contributed by atoms with E-state index in [1.54, 1.807) is 0 Å². The van der Waals surface area contributed by atoms with Crippen molar-refractivity contribution in [3.05, 3.63) is 30.1 Å². The van der Waals surface area contributed by atoms with Crippen LogP contribution in [0.1, 0.15) is 53.3 Å². The Hall–Kier alpha value is -1.35. The molecule has 19 heavy (non-hydrogen) atoms. The van der Waals surface area contributed by atoms with Gasteiger partial charge in [-0.3, -0.25) is 0 Å². The average Bonchev–Trinajstić information content (AvgIpc) is 2.68. The number of nitrogens with zero attached hydrogens (tertiary/aromatic N) is 2. The van der Waals surface area contributed by atoms with Crippen LogP contribution >= 0.6 is 0 Å². The van der Waals surface area contributed by atoms with E-state index in [1.165, 1.54) is 0 Å². The van der Waals surface area contributed by atoms with Gasteiger partial charge >= 0.3 is 0 Å². The third-order valence-electron chi connectivity index (χ3n) is 3.51. The minimum absolute atomic E-state index is 0.0280. The summed E-state index contributed by atoms with van der Waals surface area (Å²) in [4.78, 5) is 4.81. The summed E-state index contributed by atoms with van der Waals surface area (Å²) in [5.74, 6) is 0.989. The van der Waals surface area contributed by atoms with Crippen molar-refractivity contribution in [1.29, 1.82) is 0 Å². The molecule has 2 aromatic rings. The van der Waals surface area contributed by atoms with Crippen LogP contribution in [0.4, 0.5) is 0 Å².